The van der Waals surface area contributed by atoms with Crippen LogP contribution in [0.3, 0.4) is 0 Å². The van der Waals surface area contributed by atoms with Crippen LogP contribution in [0.15, 0.2) is 24.3 Å². The average molecular weight is 312 g/mol. The Morgan fingerprint density at radius 2 is 1.94 bits per heavy atom. The van der Waals surface area contributed by atoms with Gasteiger partial charge in [-0.1, -0.05) is 0 Å². The first-order chi connectivity index (χ1) is 8.35. The van der Waals surface area contributed by atoms with Crippen LogP contribution in [0.25, 0.3) is 0 Å². The summed E-state index contributed by atoms with van der Waals surface area (Å²) in [6.45, 7) is 3.29. The summed E-state index contributed by atoms with van der Waals surface area (Å²) in [4.78, 5) is 24.2. The summed E-state index contributed by atoms with van der Waals surface area (Å²) >= 11 is 2.93. The maximum absolute atomic E-state index is 11.7. The standard InChI is InChI=1S/C12H10BrNO4/c1-12(2,7-8-13)18-11(15)9-3-5-10(6-4-9)14(16)17/h3-6H,1-2H3. The SMILES string of the molecule is CC(C)(C#CBr)OC(=O)c1ccc([N+](=O)[O-])cc1. The van der Waals surface area contributed by atoms with Crippen molar-refractivity contribution < 1.29 is 14.5 Å². The fourth-order valence-electron chi connectivity index (χ4n) is 1.15. The fraction of sp³-hybridized carbons (Fsp3) is 0.250. The van der Waals surface area contributed by atoms with Crippen LogP contribution in [-0.4, -0.2) is 16.5 Å². The van der Waals surface area contributed by atoms with Crippen molar-refractivity contribution in [3.05, 3.63) is 39.9 Å². The van der Waals surface area contributed by atoms with Crippen molar-refractivity contribution in [2.45, 2.75) is 19.4 Å². The quantitative estimate of drug-likeness (QED) is 0.372. The Bertz CT molecular complexity index is 525. The van der Waals surface area contributed by atoms with Crippen LogP contribution in [0.1, 0.15) is 24.2 Å². The van der Waals surface area contributed by atoms with Gasteiger partial charge in [-0.15, -0.1) is 0 Å². The second kappa shape index (κ2) is 5.65. The molecule has 0 N–H and O–H groups in total. The monoisotopic (exact) mass is 311 g/mol. The number of esters is 1. The largest absolute Gasteiger partial charge is 0.443 e. The number of hydrogen-bond donors (Lipinski definition) is 0. The molecule has 18 heavy (non-hydrogen) atoms. The van der Waals surface area contributed by atoms with Crippen molar-refractivity contribution in [1.29, 1.82) is 0 Å². The zero-order valence-electron chi connectivity index (χ0n) is 9.77. The van der Waals surface area contributed by atoms with Crippen LogP contribution in [0.5, 0.6) is 0 Å². The van der Waals surface area contributed by atoms with Gasteiger partial charge in [-0.2, -0.15) is 0 Å². The Morgan fingerprint density at radius 1 is 1.39 bits per heavy atom. The Hall–Kier alpha value is -1.87. The van der Waals surface area contributed by atoms with E-state index in [1.165, 1.54) is 24.3 Å². The van der Waals surface area contributed by atoms with Gasteiger partial charge >= 0.3 is 5.97 Å². The fourth-order valence-corrected chi connectivity index (χ4v) is 1.63. The highest BCUT2D eigenvalue weighted by Crippen LogP contribution is 2.16. The van der Waals surface area contributed by atoms with Gasteiger partial charge in [-0.3, -0.25) is 10.1 Å². The van der Waals surface area contributed by atoms with E-state index >= 15 is 0 Å². The molecule has 0 spiro atoms. The molecular formula is C12H10BrNO4. The first-order valence-corrected chi connectivity index (χ1v) is 5.75. The second-order valence-corrected chi connectivity index (χ2v) is 4.32. The number of nitro groups is 1. The summed E-state index contributed by atoms with van der Waals surface area (Å²) in [7, 11) is 0. The van der Waals surface area contributed by atoms with E-state index in [0.717, 1.165) is 0 Å². The molecule has 1 aromatic carbocycles. The molecule has 1 rings (SSSR count). The molecule has 0 aromatic heterocycles. The van der Waals surface area contributed by atoms with Crippen molar-refractivity contribution in [3.8, 4) is 10.8 Å². The predicted molar refractivity (Wildman–Crippen MR) is 69.3 cm³/mol. The molecule has 0 unspecified atom stereocenters. The molecule has 0 aliphatic heterocycles. The lowest BCUT2D eigenvalue weighted by molar-refractivity contribution is -0.384. The van der Waals surface area contributed by atoms with Crippen LogP contribution in [-0.2, 0) is 4.74 Å². The highest BCUT2D eigenvalue weighted by Gasteiger charge is 2.21. The van der Waals surface area contributed by atoms with E-state index in [1.54, 1.807) is 13.8 Å². The Labute approximate surface area is 112 Å². The van der Waals surface area contributed by atoms with E-state index in [0.29, 0.717) is 0 Å². The zero-order chi connectivity index (χ0) is 13.8. The minimum absolute atomic E-state index is 0.0777. The van der Waals surface area contributed by atoms with Crippen molar-refractivity contribution in [1.82, 2.24) is 0 Å². The molecule has 0 amide bonds. The molecule has 5 nitrogen and oxygen atoms in total. The maximum atomic E-state index is 11.7. The van der Waals surface area contributed by atoms with Crippen molar-refractivity contribution in [2.75, 3.05) is 0 Å². The topological polar surface area (TPSA) is 69.4 Å². The molecule has 0 aliphatic carbocycles. The number of nitro benzene ring substituents is 1. The molecule has 0 fully saturated rings. The number of benzene rings is 1. The number of ether oxygens (including phenoxy) is 1. The minimum atomic E-state index is -0.928. The lowest BCUT2D eigenvalue weighted by Gasteiger charge is -2.18. The van der Waals surface area contributed by atoms with Gasteiger partial charge in [0.2, 0.25) is 0 Å². The predicted octanol–water partition coefficient (Wildman–Crippen LogP) is 2.89. The third kappa shape index (κ3) is 3.86. The van der Waals surface area contributed by atoms with Gasteiger partial charge in [0.15, 0.2) is 5.60 Å². The molecule has 1 aromatic rings. The number of halogens is 1. The zero-order valence-corrected chi connectivity index (χ0v) is 11.4. The highest BCUT2D eigenvalue weighted by atomic mass is 79.9. The number of hydrogen-bond acceptors (Lipinski definition) is 4. The lowest BCUT2D eigenvalue weighted by Crippen LogP contribution is -2.26. The Balaban J connectivity index is 2.84. The smallest absolute Gasteiger partial charge is 0.339 e. The molecule has 0 atom stereocenters. The first-order valence-electron chi connectivity index (χ1n) is 4.96. The molecule has 0 saturated heterocycles. The lowest BCUT2D eigenvalue weighted by atomic mass is 10.1. The van der Waals surface area contributed by atoms with Gasteiger partial charge in [0.1, 0.15) is 0 Å². The molecule has 0 radical (unpaired) electrons. The molecular weight excluding hydrogens is 302 g/mol. The van der Waals surface area contributed by atoms with Crippen LogP contribution < -0.4 is 0 Å². The molecule has 0 heterocycles. The van der Waals surface area contributed by atoms with Crippen molar-refractivity contribution in [3.63, 3.8) is 0 Å². The van der Waals surface area contributed by atoms with Crippen LogP contribution in [0, 0.1) is 20.9 Å². The van der Waals surface area contributed by atoms with E-state index in [-0.39, 0.29) is 11.3 Å². The van der Waals surface area contributed by atoms with Crippen LogP contribution in [0.4, 0.5) is 5.69 Å². The maximum Gasteiger partial charge on any atom is 0.339 e. The molecule has 0 bridgehead atoms. The number of carbonyl (C=O) groups excluding carboxylic acids is 1. The number of carbonyl (C=O) groups is 1. The minimum Gasteiger partial charge on any atom is -0.443 e. The van der Waals surface area contributed by atoms with Gasteiger partial charge in [-0.05, 0) is 36.7 Å². The van der Waals surface area contributed by atoms with Crippen LogP contribution in [0.2, 0.25) is 0 Å². The third-order valence-electron chi connectivity index (χ3n) is 2.01. The van der Waals surface area contributed by atoms with Crippen molar-refractivity contribution >= 4 is 27.6 Å². The first kappa shape index (κ1) is 14.2. The summed E-state index contributed by atoms with van der Waals surface area (Å²) in [5.74, 6) is 2.09. The van der Waals surface area contributed by atoms with Crippen LogP contribution >= 0.6 is 15.9 Å². The van der Waals surface area contributed by atoms with Crippen molar-refractivity contribution in [2.24, 2.45) is 0 Å². The highest BCUT2D eigenvalue weighted by molar-refractivity contribution is 9.12. The Morgan fingerprint density at radius 3 is 2.39 bits per heavy atom. The summed E-state index contributed by atoms with van der Waals surface area (Å²) < 4.78 is 5.15. The molecule has 0 aliphatic rings. The average Bonchev–Trinajstić information content (AvgIpc) is 2.28. The summed E-state index contributed by atoms with van der Waals surface area (Å²) in [5.41, 5.74) is -0.765. The van der Waals surface area contributed by atoms with E-state index in [2.05, 4.69) is 26.7 Å². The summed E-state index contributed by atoms with van der Waals surface area (Å²) in [5, 5.41) is 10.5. The van der Waals surface area contributed by atoms with Gasteiger partial charge in [0, 0.05) is 28.1 Å². The summed E-state index contributed by atoms with van der Waals surface area (Å²) in [6.07, 6.45) is 0. The number of non-ortho nitro benzene ring substituents is 1. The van der Waals surface area contributed by atoms with E-state index in [4.69, 9.17) is 4.74 Å². The van der Waals surface area contributed by atoms with Gasteiger partial charge < -0.3 is 4.74 Å². The van der Waals surface area contributed by atoms with Gasteiger partial charge in [0.05, 0.1) is 10.5 Å². The normalized spacial score (nSPS) is 10.2. The molecule has 6 heteroatoms. The third-order valence-corrected chi connectivity index (χ3v) is 2.21. The molecule has 0 saturated carbocycles. The van der Waals surface area contributed by atoms with E-state index < -0.39 is 16.5 Å². The number of nitrogens with zero attached hydrogens (tertiary/aromatic N) is 1. The molecule has 94 valence electrons. The van der Waals surface area contributed by atoms with Gasteiger partial charge in [-0.25, -0.2) is 4.79 Å². The van der Waals surface area contributed by atoms with E-state index in [9.17, 15) is 14.9 Å². The number of rotatable bonds is 3. The Kier molecular flexibility index (Phi) is 4.45. The van der Waals surface area contributed by atoms with E-state index in [1.807, 2.05) is 0 Å². The van der Waals surface area contributed by atoms with Gasteiger partial charge in [0.25, 0.3) is 5.69 Å². The summed E-state index contributed by atoms with van der Waals surface area (Å²) in [6, 6.07) is 5.19. The second-order valence-electron chi connectivity index (χ2n) is 3.92.